The van der Waals surface area contributed by atoms with E-state index in [1.165, 1.54) is 63.1 Å². The number of aromatic nitrogens is 2. The number of aliphatic hydroxyl groups is 1. The predicted molar refractivity (Wildman–Crippen MR) is 530 cm³/mol. The fourth-order valence-electron chi connectivity index (χ4n) is 18.3. The van der Waals surface area contributed by atoms with Gasteiger partial charge in [0.05, 0.1) is 24.8 Å². The first-order chi connectivity index (χ1) is 68.9. The number of benzene rings is 4. The third-order valence-corrected chi connectivity index (χ3v) is 27.2. The van der Waals surface area contributed by atoms with Crippen LogP contribution in [-0.2, 0) is 123 Å². The van der Waals surface area contributed by atoms with Crippen LogP contribution in [0.2, 0.25) is 0 Å². The highest BCUT2D eigenvalue weighted by Gasteiger charge is 2.47. The van der Waals surface area contributed by atoms with Gasteiger partial charge in [-0.15, -0.1) is 11.8 Å². The summed E-state index contributed by atoms with van der Waals surface area (Å²) in [6, 6.07) is -2.69. The molecule has 2 fully saturated rings. The molecule has 145 heavy (non-hydrogen) atoms. The zero-order valence-corrected chi connectivity index (χ0v) is 83.8. The number of carbonyl (C=O) groups is 18. The van der Waals surface area contributed by atoms with Crippen molar-refractivity contribution in [1.29, 1.82) is 0 Å². The molecule has 6 heterocycles. The predicted octanol–water partition coefficient (Wildman–Crippen LogP) is -1.97. The highest BCUT2D eigenvalue weighted by Crippen LogP contribution is 2.30. The van der Waals surface area contributed by atoms with Crippen LogP contribution in [0.15, 0.2) is 97.3 Å². The number of carbonyl (C=O) groups excluding carboxylic acids is 18. The number of nitrogens with zero attached hydrogens (tertiary/aromatic N) is 6. The molecule has 0 radical (unpaired) electrons. The molecule has 6 aromatic rings. The van der Waals surface area contributed by atoms with E-state index in [-0.39, 0.29) is 106 Å². The number of nitrogens with two attached hydrogens (primary N) is 3. The summed E-state index contributed by atoms with van der Waals surface area (Å²) in [6.45, 7) is 7.78. The number of para-hydroxylation sites is 2. The number of hydrogen-bond acceptors (Lipinski definition) is 25. The maximum Gasteiger partial charge on any atom is 0.562 e. The van der Waals surface area contributed by atoms with Gasteiger partial charge in [-0.25, -0.2) is 8.78 Å². The fraction of sp³-hybridized carbons (Fsp3) is 0.531. The van der Waals surface area contributed by atoms with Crippen LogP contribution >= 0.6 is 11.8 Å². The molecule has 21 N–H and O–H groups in total. The topological polar surface area (TPSA) is 624 Å². The van der Waals surface area contributed by atoms with Crippen LogP contribution in [0.5, 0.6) is 5.75 Å². The summed E-state index contributed by atoms with van der Waals surface area (Å²) < 4.78 is 38.6. The number of amides is 17. The van der Waals surface area contributed by atoms with Crippen LogP contribution in [0.3, 0.4) is 0 Å². The molecule has 17 amide bonds. The minimum atomic E-state index is -2.41. The number of fused-ring (bicyclic) bond motifs is 11. The Kier molecular flexibility index (Phi) is 41.2. The molecular formula is C98H134BF2N21O22S. The SMILES string of the molecule is CCCC[C@H]1C(=O)N(C)[C@@H](CCCC)C(=O)N[C@@H](CC(C)C)C(=O)N[C@H](C(=O)NCC(N)=O)CSCC(=O)N[C@@H](Cc2ccc(O)cc2)C(=O)N(C)[C@@H](C)C(=O)N[C@@H](CC(N)=O)C(=O)N2CCC[C@H]2C(=O)N[C@H]2CNCc3cc(F)c(F)cc3B(O)OC(=O)Cn3cc(c4ccccc43)C[C@H](NC(=O)[C@H](CCN)NC(=O)[C@H](Cc3c[nH]c4ccccc34)NC(=O)[C@@H]3C[C@@H](O)CN3C(=O)[C@H](CC(C)C)NC2=O)C(=O)N1C. The Bertz CT molecular complexity index is 5720. The summed E-state index contributed by atoms with van der Waals surface area (Å²) in [5, 5.41) is 64.3. The number of hydrogen-bond donors (Lipinski definition) is 18. The van der Waals surface area contributed by atoms with E-state index >= 15 is 56.7 Å². The van der Waals surface area contributed by atoms with Crippen LogP contribution in [0.25, 0.3) is 21.8 Å². The van der Waals surface area contributed by atoms with Gasteiger partial charge in [0.1, 0.15) is 96.9 Å². The average molecular weight is 2040 g/mol. The highest BCUT2D eigenvalue weighted by molar-refractivity contribution is 8.00. The van der Waals surface area contributed by atoms with Gasteiger partial charge in [-0.05, 0) is 129 Å². The van der Waals surface area contributed by atoms with Crippen LogP contribution in [0.4, 0.5) is 8.78 Å². The summed E-state index contributed by atoms with van der Waals surface area (Å²) in [5.74, 6) is -23.0. The minimum Gasteiger partial charge on any atom is -0.508 e. The number of primary amides is 2. The number of nitrogens with one attached hydrogen (secondary N) is 12. The average Bonchev–Trinajstić information content (AvgIpc) is 1.78. The number of aromatic hydroxyl groups is 1. The van der Waals surface area contributed by atoms with Crippen molar-refractivity contribution in [3.63, 3.8) is 0 Å². The number of rotatable bonds is 21. The minimum absolute atomic E-state index is 0.0358. The maximum absolute atomic E-state index is 16.3. The molecule has 4 aromatic carbocycles. The van der Waals surface area contributed by atoms with Crippen molar-refractivity contribution in [2.75, 3.05) is 65.4 Å². The molecule has 4 aliphatic rings. The van der Waals surface area contributed by atoms with E-state index in [1.54, 1.807) is 82.4 Å². The first-order valence-corrected chi connectivity index (χ1v) is 49.9. The Morgan fingerprint density at radius 3 is 1.88 bits per heavy atom. The number of likely N-dealkylation sites (N-methyl/N-ethyl adjacent to an activating group) is 3. The Balaban J connectivity index is 1.13. The summed E-state index contributed by atoms with van der Waals surface area (Å²) in [6.07, 6.45) is -0.261. The number of unbranched alkanes of at least 4 members (excludes halogenated alkanes) is 2. The van der Waals surface area contributed by atoms with Gasteiger partial charge in [0, 0.05) is 118 Å². The zero-order chi connectivity index (χ0) is 106. The summed E-state index contributed by atoms with van der Waals surface area (Å²) in [5.41, 5.74) is 18.7. The van der Waals surface area contributed by atoms with Crippen molar-refractivity contribution in [2.45, 2.75) is 255 Å². The molecule has 0 spiro atoms. The van der Waals surface area contributed by atoms with Crippen LogP contribution < -0.4 is 81.1 Å². The van der Waals surface area contributed by atoms with E-state index < -0.39 is 291 Å². The van der Waals surface area contributed by atoms with Crippen LogP contribution in [-0.4, -0.2) is 319 Å². The van der Waals surface area contributed by atoms with Crippen molar-refractivity contribution in [1.82, 2.24) is 92.5 Å². The second-order valence-corrected chi connectivity index (χ2v) is 39.1. The van der Waals surface area contributed by atoms with Gasteiger partial charge in [0.25, 0.3) is 0 Å². The lowest BCUT2D eigenvalue weighted by Gasteiger charge is -2.36. The number of phenolic OH excluding ortho intramolecular Hbond substituents is 1. The lowest BCUT2D eigenvalue weighted by atomic mass is 9.76. The molecule has 43 nitrogen and oxygen atoms in total. The smallest absolute Gasteiger partial charge is 0.508 e. The molecule has 0 aliphatic carbocycles. The second kappa shape index (κ2) is 52.7. The van der Waals surface area contributed by atoms with Crippen LogP contribution in [0, 0.1) is 23.5 Å². The Labute approximate surface area is 842 Å². The largest absolute Gasteiger partial charge is 0.562 e. The third kappa shape index (κ3) is 30.5. The van der Waals surface area contributed by atoms with Gasteiger partial charge in [-0.1, -0.05) is 116 Å². The van der Waals surface area contributed by atoms with Gasteiger partial charge in [-0.3, -0.25) is 86.3 Å². The van der Waals surface area contributed by atoms with E-state index in [2.05, 4.69) is 63.5 Å². The van der Waals surface area contributed by atoms with Crippen LogP contribution in [0.1, 0.15) is 154 Å². The number of aliphatic hydroxyl groups excluding tert-OH is 1. The number of aromatic amines is 1. The van der Waals surface area contributed by atoms with Crippen molar-refractivity contribution in [3.05, 3.63) is 131 Å². The lowest BCUT2D eigenvalue weighted by Crippen LogP contribution is -2.62. The van der Waals surface area contributed by atoms with Crippen molar-refractivity contribution in [2.24, 2.45) is 29.0 Å². The van der Waals surface area contributed by atoms with E-state index in [4.69, 9.17) is 21.9 Å². The Hall–Kier alpha value is -13.7. The molecule has 4 bridgehead atoms. The molecule has 0 saturated carbocycles. The molecule has 786 valence electrons. The quantitative estimate of drug-likeness (QED) is 0.0348. The van der Waals surface area contributed by atoms with E-state index in [9.17, 15) is 53.6 Å². The van der Waals surface area contributed by atoms with E-state index in [0.717, 1.165) is 36.3 Å². The molecule has 10 rings (SSSR count). The zero-order valence-electron chi connectivity index (χ0n) is 83.0. The first-order valence-electron chi connectivity index (χ1n) is 48.8. The lowest BCUT2D eigenvalue weighted by molar-refractivity contribution is -0.149. The standard InChI is InChI=1S/C98H134BF2N21O22S/c1-11-13-23-77-91(135)110-68(34-52(3)4)88(132)116-75(86(130)107-46-82(104)126)50-145-51-83(127)108-71(36-55-27-29-59(123)30-28-55)94(138)117(8)54(7)85(129)112-73(42-81(103)125)96(140)121-33-19-26-78(121)92(136)115-74-45-105-43-57-37-64(100)65(101)41-63(57)99(143)144-84(128)49-120-47-58(62-21-16-18-25-76(62)120)39-72(95(139)119(10)79(24-14-12-2)98(142)118(77)9)114-87(131)67(31-32-102)109-89(133)69(38-56-44-106-66-22-17-15-20-61(56)66)111-93(137)80-40-60(124)48-122(80)97(141)70(35-53(5)6)113-90(74)134/h15-18,20-22,25,27-30,37,41,44,47,52-54,60,67-75,77-80,105-106,123-124,143H,11-14,19,23-24,26,31-36,38-40,42-43,45-46,48-51,102H2,1-10H3,(H2,103,125)(H2,104,126)(H,107,130)(H,108,127)(H,109,133)(H,110,135)(H,111,137)(H,112,129)(H,113,134)(H,114,131)(H,115,136)(H,116,132)/t54-,60+,67-,68-,69-,70-,71-,72-,73-,74-,75-,77-,78-,79-,80-/m0/s1. The van der Waals surface area contributed by atoms with Crippen molar-refractivity contribution < 1.29 is 115 Å². The van der Waals surface area contributed by atoms with Gasteiger partial charge in [-0.2, -0.15) is 0 Å². The monoisotopic (exact) mass is 2040 g/mol. The van der Waals surface area contributed by atoms with Crippen molar-refractivity contribution in [3.8, 4) is 5.75 Å². The maximum atomic E-state index is 16.3. The fourth-order valence-corrected chi connectivity index (χ4v) is 19.2. The molecular weight excluding hydrogens is 1900 g/mol. The normalized spacial score (nSPS) is 24.8. The number of H-pyrrole nitrogens is 1. The van der Waals surface area contributed by atoms with Gasteiger partial charge < -0.3 is 130 Å². The molecule has 4 aliphatic heterocycles. The molecule has 15 atom stereocenters. The van der Waals surface area contributed by atoms with Gasteiger partial charge in [0.2, 0.25) is 100 Å². The number of halogens is 2. The first kappa shape index (κ1) is 113. The number of thioether (sulfide) groups is 1. The summed E-state index contributed by atoms with van der Waals surface area (Å²) in [4.78, 5) is 277. The summed E-state index contributed by atoms with van der Waals surface area (Å²) in [7, 11) is 1.42. The third-order valence-electron chi connectivity index (χ3n) is 26.2. The number of phenols is 1. The van der Waals surface area contributed by atoms with Crippen molar-refractivity contribution >= 4 is 153 Å². The van der Waals surface area contributed by atoms with E-state index in [1.807, 2.05) is 13.8 Å². The molecule has 2 aromatic heterocycles. The van der Waals surface area contributed by atoms with E-state index in [0.29, 0.717) is 58.8 Å². The summed E-state index contributed by atoms with van der Waals surface area (Å²) >= 11 is 0.769. The molecule has 2 saturated heterocycles. The van der Waals surface area contributed by atoms with Gasteiger partial charge >= 0.3 is 13.1 Å². The molecule has 0 unspecified atom stereocenters. The molecule has 47 heteroatoms. The van der Waals surface area contributed by atoms with Gasteiger partial charge in [0.15, 0.2) is 11.6 Å². The second-order valence-electron chi connectivity index (χ2n) is 38.1. The Morgan fingerprint density at radius 2 is 1.20 bits per heavy atom. The highest BCUT2D eigenvalue weighted by atomic mass is 32.2. The Morgan fingerprint density at radius 1 is 0.600 bits per heavy atom.